The minimum atomic E-state index is -3.63. The van der Waals surface area contributed by atoms with Crippen molar-refractivity contribution in [3.63, 3.8) is 0 Å². The van der Waals surface area contributed by atoms with E-state index < -0.39 is 10.0 Å². The van der Waals surface area contributed by atoms with Gasteiger partial charge in [-0.15, -0.1) is 0 Å². The lowest BCUT2D eigenvalue weighted by atomic mass is 9.99. The van der Waals surface area contributed by atoms with Gasteiger partial charge in [-0.25, -0.2) is 8.42 Å². The van der Waals surface area contributed by atoms with Crippen LogP contribution in [-0.4, -0.2) is 69.8 Å². The predicted molar refractivity (Wildman–Crippen MR) is 123 cm³/mol. The Morgan fingerprint density at radius 1 is 0.970 bits per heavy atom. The zero-order valence-electron chi connectivity index (χ0n) is 18.7. The third-order valence-electron chi connectivity index (χ3n) is 6.17. The van der Waals surface area contributed by atoms with Crippen LogP contribution in [0.3, 0.4) is 0 Å². The normalized spacial score (nSPS) is 17.1. The smallest absolute Gasteiger partial charge is 0.318 e. The first-order valence-corrected chi connectivity index (χ1v) is 12.3. The first-order valence-electron chi connectivity index (χ1n) is 10.9. The number of nitrogens with zero attached hydrogens (tertiary/aromatic N) is 4. The number of hydrogen-bond donors (Lipinski definition) is 0. The summed E-state index contributed by atoms with van der Waals surface area (Å²) in [6, 6.07) is 11.4. The molecule has 1 aromatic heterocycles. The molecule has 2 aliphatic rings. The number of ether oxygens (including phenoxy) is 3. The molecule has 174 valence electrons. The Labute approximate surface area is 193 Å². The molecule has 9 nitrogen and oxygen atoms in total. The maximum Gasteiger partial charge on any atom is 0.318 e. The molecule has 0 spiro atoms. The van der Waals surface area contributed by atoms with Crippen LogP contribution < -0.4 is 14.4 Å². The van der Waals surface area contributed by atoms with Crippen LogP contribution in [-0.2, 0) is 27.7 Å². The highest BCUT2D eigenvalue weighted by molar-refractivity contribution is 7.89. The molecule has 0 amide bonds. The summed E-state index contributed by atoms with van der Waals surface area (Å²) in [6.07, 6.45) is 0.699. The Morgan fingerprint density at radius 2 is 1.76 bits per heavy atom. The van der Waals surface area contributed by atoms with Crippen molar-refractivity contribution in [2.45, 2.75) is 17.9 Å². The van der Waals surface area contributed by atoms with Gasteiger partial charge >= 0.3 is 6.01 Å². The summed E-state index contributed by atoms with van der Waals surface area (Å²) in [5.41, 5.74) is 2.55. The molecular weight excluding hydrogens is 444 g/mol. The van der Waals surface area contributed by atoms with Gasteiger partial charge in [0.2, 0.25) is 10.0 Å². The molecule has 2 aliphatic heterocycles. The Hall–Kier alpha value is -2.95. The first kappa shape index (κ1) is 21.9. The number of sulfonamides is 1. The summed E-state index contributed by atoms with van der Waals surface area (Å²) < 4.78 is 44.8. The summed E-state index contributed by atoms with van der Waals surface area (Å²) in [7, 11) is -0.489. The molecule has 0 unspecified atom stereocenters. The quantitative estimate of drug-likeness (QED) is 0.560. The second-order valence-electron chi connectivity index (χ2n) is 7.97. The van der Waals surface area contributed by atoms with Gasteiger partial charge in [-0.05, 0) is 35.7 Å². The highest BCUT2D eigenvalue weighted by atomic mass is 32.2. The van der Waals surface area contributed by atoms with E-state index in [4.69, 9.17) is 14.2 Å². The fourth-order valence-electron chi connectivity index (χ4n) is 4.50. The van der Waals surface area contributed by atoms with Crippen LogP contribution in [0.4, 0.5) is 5.82 Å². The summed E-state index contributed by atoms with van der Waals surface area (Å²) in [5, 5.41) is 0.776. The van der Waals surface area contributed by atoms with Gasteiger partial charge in [0.05, 0.1) is 43.2 Å². The van der Waals surface area contributed by atoms with Crippen molar-refractivity contribution < 1.29 is 22.6 Å². The predicted octanol–water partition coefficient (Wildman–Crippen LogP) is 2.23. The van der Waals surface area contributed by atoms with Gasteiger partial charge in [0.15, 0.2) is 0 Å². The average molecular weight is 471 g/mol. The minimum Gasteiger partial charge on any atom is -0.496 e. The molecule has 0 atom stereocenters. The van der Waals surface area contributed by atoms with Crippen molar-refractivity contribution in [1.29, 1.82) is 0 Å². The Balaban J connectivity index is 1.60. The SMILES string of the molecule is COc1nc(N2CCc3cccc(S(=O)(=O)N4CCOCC4)c3C2)c2c(OC)cccc2n1. The van der Waals surface area contributed by atoms with E-state index in [1.165, 1.54) is 11.4 Å². The van der Waals surface area contributed by atoms with Crippen molar-refractivity contribution >= 4 is 26.7 Å². The summed E-state index contributed by atoms with van der Waals surface area (Å²) in [6.45, 7) is 2.63. The van der Waals surface area contributed by atoms with Crippen LogP contribution in [0.1, 0.15) is 11.1 Å². The summed E-state index contributed by atoms with van der Waals surface area (Å²) >= 11 is 0. The van der Waals surface area contributed by atoms with Crippen LogP contribution in [0, 0.1) is 0 Å². The van der Waals surface area contributed by atoms with Crippen LogP contribution in [0.2, 0.25) is 0 Å². The Kier molecular flexibility index (Phi) is 5.81. The largest absolute Gasteiger partial charge is 0.496 e. The molecular formula is C23H26N4O5S. The van der Waals surface area contributed by atoms with Crippen molar-refractivity contribution in [2.24, 2.45) is 0 Å². The zero-order chi connectivity index (χ0) is 23.0. The number of fused-ring (bicyclic) bond motifs is 2. The van der Waals surface area contributed by atoms with E-state index >= 15 is 0 Å². The molecule has 0 aliphatic carbocycles. The van der Waals surface area contributed by atoms with Crippen molar-refractivity contribution in [1.82, 2.24) is 14.3 Å². The van der Waals surface area contributed by atoms with E-state index in [9.17, 15) is 8.42 Å². The van der Waals surface area contributed by atoms with Gasteiger partial charge in [-0.2, -0.15) is 14.3 Å². The van der Waals surface area contributed by atoms with Crippen molar-refractivity contribution in [3.8, 4) is 11.8 Å². The van der Waals surface area contributed by atoms with Crippen LogP contribution in [0.5, 0.6) is 11.8 Å². The Bertz CT molecular complexity index is 1290. The maximum absolute atomic E-state index is 13.5. The van der Waals surface area contributed by atoms with Crippen molar-refractivity contribution in [3.05, 3.63) is 47.5 Å². The van der Waals surface area contributed by atoms with E-state index in [1.54, 1.807) is 13.2 Å². The standard InChI is InChI=1S/C23H26N4O5S/c1-30-19-7-4-6-18-21(19)22(25-23(24-18)31-2)26-10-9-16-5-3-8-20(17(16)15-26)33(28,29)27-11-13-32-14-12-27/h3-8H,9-15H2,1-2H3. The van der Waals surface area contributed by atoms with Gasteiger partial charge in [-0.3, -0.25) is 0 Å². The van der Waals surface area contributed by atoms with E-state index in [2.05, 4.69) is 14.9 Å². The van der Waals surface area contributed by atoms with Crippen LogP contribution >= 0.6 is 0 Å². The third kappa shape index (κ3) is 3.88. The van der Waals surface area contributed by atoms with E-state index in [0.717, 1.165) is 16.5 Å². The highest BCUT2D eigenvalue weighted by Gasteiger charge is 2.32. The van der Waals surface area contributed by atoms with Crippen molar-refractivity contribution in [2.75, 3.05) is 52.0 Å². The fraction of sp³-hybridized carbons (Fsp3) is 0.391. The number of hydrogen-bond acceptors (Lipinski definition) is 8. The molecule has 1 saturated heterocycles. The Morgan fingerprint density at radius 3 is 2.52 bits per heavy atom. The number of morpholine rings is 1. The lowest BCUT2D eigenvalue weighted by Gasteiger charge is -2.33. The molecule has 3 heterocycles. The van der Waals surface area contributed by atoms with Gasteiger partial charge in [0, 0.05) is 26.2 Å². The topological polar surface area (TPSA) is 94.1 Å². The van der Waals surface area contributed by atoms with Crippen LogP contribution in [0.25, 0.3) is 10.9 Å². The summed E-state index contributed by atoms with van der Waals surface area (Å²) in [4.78, 5) is 11.5. The molecule has 5 rings (SSSR count). The second kappa shape index (κ2) is 8.77. The minimum absolute atomic E-state index is 0.255. The highest BCUT2D eigenvalue weighted by Crippen LogP contribution is 2.37. The third-order valence-corrected chi connectivity index (χ3v) is 8.15. The zero-order valence-corrected chi connectivity index (χ0v) is 19.5. The van der Waals surface area contributed by atoms with E-state index in [1.807, 2.05) is 30.3 Å². The van der Waals surface area contributed by atoms with E-state index in [0.29, 0.717) is 67.8 Å². The molecule has 0 radical (unpaired) electrons. The molecule has 0 saturated carbocycles. The number of aromatic nitrogens is 2. The van der Waals surface area contributed by atoms with Gasteiger partial charge in [-0.1, -0.05) is 18.2 Å². The second-order valence-corrected chi connectivity index (χ2v) is 9.88. The molecule has 10 heteroatoms. The van der Waals surface area contributed by atoms with Crippen LogP contribution in [0.15, 0.2) is 41.3 Å². The number of anilines is 1. The monoisotopic (exact) mass is 470 g/mol. The lowest BCUT2D eigenvalue weighted by molar-refractivity contribution is 0.0730. The van der Waals surface area contributed by atoms with Gasteiger partial charge in [0.25, 0.3) is 0 Å². The number of methoxy groups -OCH3 is 2. The number of benzene rings is 2. The fourth-order valence-corrected chi connectivity index (χ4v) is 6.17. The molecule has 1 fully saturated rings. The summed E-state index contributed by atoms with van der Waals surface area (Å²) in [5.74, 6) is 1.32. The lowest BCUT2D eigenvalue weighted by Crippen LogP contribution is -2.41. The maximum atomic E-state index is 13.5. The van der Waals surface area contributed by atoms with Gasteiger partial charge in [0.1, 0.15) is 11.6 Å². The molecule has 0 bridgehead atoms. The molecule has 2 aromatic carbocycles. The number of rotatable bonds is 5. The average Bonchev–Trinajstić information content (AvgIpc) is 2.87. The first-order chi connectivity index (χ1) is 16.0. The molecule has 3 aromatic rings. The van der Waals surface area contributed by atoms with Gasteiger partial charge < -0.3 is 19.1 Å². The van der Waals surface area contributed by atoms with E-state index in [-0.39, 0.29) is 6.01 Å². The molecule has 33 heavy (non-hydrogen) atoms. The molecule has 0 N–H and O–H groups in total.